The molecule has 3 rings (SSSR count). The van der Waals surface area contributed by atoms with Gasteiger partial charge in [0.1, 0.15) is 5.60 Å². The first-order chi connectivity index (χ1) is 15.6. The first-order valence-electron chi connectivity index (χ1n) is 10.3. The normalized spacial score (nSPS) is 15.0. The van der Waals surface area contributed by atoms with Gasteiger partial charge >= 0.3 is 6.09 Å². The van der Waals surface area contributed by atoms with Gasteiger partial charge in [0.15, 0.2) is 0 Å². The van der Waals surface area contributed by atoms with Crippen LogP contribution in [0.2, 0.25) is 0 Å². The number of benzene rings is 2. The minimum atomic E-state index is -0.641. The second-order valence-electron chi connectivity index (χ2n) is 8.21. The van der Waals surface area contributed by atoms with Crippen molar-refractivity contribution in [1.29, 1.82) is 0 Å². The van der Waals surface area contributed by atoms with E-state index in [1.54, 1.807) is 45.0 Å². The van der Waals surface area contributed by atoms with Crippen molar-refractivity contribution in [2.45, 2.75) is 26.4 Å². The fraction of sp³-hybridized carbons (Fsp3) is 0.250. The van der Waals surface area contributed by atoms with Crippen LogP contribution in [0.1, 0.15) is 36.7 Å². The van der Waals surface area contributed by atoms with E-state index >= 15 is 0 Å². The highest BCUT2D eigenvalue weighted by atomic mass is 32.2. The van der Waals surface area contributed by atoms with E-state index in [9.17, 15) is 19.2 Å². The number of carbonyl (C=O) groups excluding carboxylic acids is 4. The molecule has 1 aliphatic heterocycles. The Hall–Kier alpha value is -3.59. The molecule has 1 aliphatic rings. The van der Waals surface area contributed by atoms with Crippen LogP contribution in [-0.4, -0.2) is 46.7 Å². The van der Waals surface area contributed by atoms with Gasteiger partial charge in [-0.2, -0.15) is 0 Å². The van der Waals surface area contributed by atoms with Crippen molar-refractivity contribution in [3.05, 3.63) is 70.6 Å². The fourth-order valence-corrected chi connectivity index (χ4v) is 3.80. The molecule has 172 valence electrons. The van der Waals surface area contributed by atoms with Gasteiger partial charge in [-0.1, -0.05) is 36.4 Å². The van der Waals surface area contributed by atoms with Crippen LogP contribution in [0.4, 0.5) is 15.3 Å². The molecule has 0 aromatic heterocycles. The SMILES string of the molecule is CC(C)(C)OC(=O)Nc1cccc(C(=O)NCCN2C(=O)S/C(=C/c3ccccc3)C2=O)c1. The Kier molecular flexibility index (Phi) is 7.55. The van der Waals surface area contributed by atoms with Crippen LogP contribution < -0.4 is 10.6 Å². The molecule has 0 spiro atoms. The quantitative estimate of drug-likeness (QED) is 0.606. The monoisotopic (exact) mass is 467 g/mol. The minimum Gasteiger partial charge on any atom is -0.444 e. The van der Waals surface area contributed by atoms with Crippen molar-refractivity contribution in [2.75, 3.05) is 18.4 Å². The van der Waals surface area contributed by atoms with Gasteiger partial charge in [-0.15, -0.1) is 0 Å². The standard InChI is InChI=1S/C24H25N3O5S/c1-24(2,3)32-22(30)26-18-11-7-10-17(15-18)20(28)25-12-13-27-21(29)19(33-23(27)31)14-16-8-5-4-6-9-16/h4-11,14-15H,12-13H2,1-3H3,(H,25,28)(H,26,30)/b19-14+. The number of nitrogens with one attached hydrogen (secondary N) is 2. The molecule has 0 saturated carbocycles. The smallest absolute Gasteiger partial charge is 0.412 e. The number of rotatable bonds is 6. The number of carbonyl (C=O) groups is 4. The van der Waals surface area contributed by atoms with Crippen LogP contribution in [0.15, 0.2) is 59.5 Å². The molecule has 0 atom stereocenters. The molecule has 0 bridgehead atoms. The van der Waals surface area contributed by atoms with Crippen LogP contribution >= 0.6 is 11.8 Å². The second kappa shape index (κ2) is 10.4. The van der Waals surface area contributed by atoms with Gasteiger partial charge in [0.05, 0.1) is 4.91 Å². The number of nitrogens with zero attached hydrogens (tertiary/aromatic N) is 1. The molecule has 2 aromatic carbocycles. The predicted octanol–water partition coefficient (Wildman–Crippen LogP) is 4.50. The van der Waals surface area contributed by atoms with Gasteiger partial charge < -0.3 is 10.1 Å². The molecule has 1 saturated heterocycles. The molecule has 33 heavy (non-hydrogen) atoms. The molecule has 0 unspecified atom stereocenters. The molecule has 9 heteroatoms. The fourth-order valence-electron chi connectivity index (χ4n) is 2.94. The van der Waals surface area contributed by atoms with Crippen molar-refractivity contribution < 1.29 is 23.9 Å². The van der Waals surface area contributed by atoms with Crippen molar-refractivity contribution in [3.8, 4) is 0 Å². The highest BCUT2D eigenvalue weighted by molar-refractivity contribution is 8.18. The number of hydrogen-bond donors (Lipinski definition) is 2. The van der Waals surface area contributed by atoms with Gasteiger partial charge in [0.2, 0.25) is 0 Å². The summed E-state index contributed by atoms with van der Waals surface area (Å²) in [6.45, 7) is 5.42. The van der Waals surface area contributed by atoms with Crippen molar-refractivity contribution in [1.82, 2.24) is 10.2 Å². The van der Waals surface area contributed by atoms with Crippen LogP contribution in [0, 0.1) is 0 Å². The van der Waals surface area contributed by atoms with Crippen molar-refractivity contribution >= 4 is 46.7 Å². The first kappa shape index (κ1) is 24.1. The summed E-state index contributed by atoms with van der Waals surface area (Å²) in [4.78, 5) is 50.7. The van der Waals surface area contributed by atoms with E-state index in [2.05, 4.69) is 10.6 Å². The maximum atomic E-state index is 12.6. The van der Waals surface area contributed by atoms with E-state index in [1.807, 2.05) is 30.3 Å². The summed E-state index contributed by atoms with van der Waals surface area (Å²) >= 11 is 0.877. The Morgan fingerprint density at radius 1 is 1.06 bits per heavy atom. The third kappa shape index (κ3) is 6.95. The maximum Gasteiger partial charge on any atom is 0.412 e. The number of ether oxygens (including phenoxy) is 1. The first-order valence-corrected chi connectivity index (χ1v) is 11.1. The van der Waals surface area contributed by atoms with E-state index in [-0.39, 0.29) is 24.2 Å². The second-order valence-corrected chi connectivity index (χ2v) is 9.20. The van der Waals surface area contributed by atoms with Gasteiger partial charge in [-0.3, -0.25) is 24.6 Å². The molecule has 8 nitrogen and oxygen atoms in total. The van der Waals surface area contributed by atoms with E-state index < -0.39 is 17.6 Å². The van der Waals surface area contributed by atoms with E-state index in [0.29, 0.717) is 16.2 Å². The van der Waals surface area contributed by atoms with Crippen molar-refractivity contribution in [2.24, 2.45) is 0 Å². The molecule has 0 aliphatic carbocycles. The van der Waals surface area contributed by atoms with Gasteiger partial charge in [0, 0.05) is 24.3 Å². The lowest BCUT2D eigenvalue weighted by Gasteiger charge is -2.19. The van der Waals surface area contributed by atoms with Gasteiger partial charge in [-0.05, 0) is 62.4 Å². The summed E-state index contributed by atoms with van der Waals surface area (Å²) in [6.07, 6.45) is 1.05. The van der Waals surface area contributed by atoms with Gasteiger partial charge in [0.25, 0.3) is 17.1 Å². The summed E-state index contributed by atoms with van der Waals surface area (Å²) in [5.41, 5.74) is 0.921. The Balaban J connectivity index is 1.54. The highest BCUT2D eigenvalue weighted by Crippen LogP contribution is 2.31. The lowest BCUT2D eigenvalue weighted by molar-refractivity contribution is -0.122. The third-order valence-electron chi connectivity index (χ3n) is 4.36. The molecule has 0 radical (unpaired) electrons. The summed E-state index contributed by atoms with van der Waals surface area (Å²) in [5, 5.41) is 4.90. The molecule has 2 aromatic rings. The zero-order valence-corrected chi connectivity index (χ0v) is 19.4. The van der Waals surface area contributed by atoms with Gasteiger partial charge in [-0.25, -0.2) is 4.79 Å². The topological polar surface area (TPSA) is 105 Å². The molecule has 1 heterocycles. The van der Waals surface area contributed by atoms with E-state index in [0.717, 1.165) is 22.2 Å². The summed E-state index contributed by atoms with van der Waals surface area (Å²) in [6, 6.07) is 15.6. The molecule has 2 N–H and O–H groups in total. The predicted molar refractivity (Wildman–Crippen MR) is 128 cm³/mol. The van der Waals surface area contributed by atoms with Crippen LogP contribution in [0.5, 0.6) is 0 Å². The molecule has 1 fully saturated rings. The lowest BCUT2D eigenvalue weighted by Crippen LogP contribution is -2.37. The largest absolute Gasteiger partial charge is 0.444 e. The maximum absolute atomic E-state index is 12.6. The zero-order valence-electron chi connectivity index (χ0n) is 18.6. The summed E-state index contributed by atoms with van der Waals surface area (Å²) in [5.74, 6) is -0.777. The minimum absolute atomic E-state index is 0.0540. The Bertz CT molecular complexity index is 1090. The highest BCUT2D eigenvalue weighted by Gasteiger charge is 2.34. The third-order valence-corrected chi connectivity index (χ3v) is 5.27. The average Bonchev–Trinajstić information content (AvgIpc) is 3.00. The molecular formula is C24H25N3O5S. The Morgan fingerprint density at radius 2 is 1.79 bits per heavy atom. The zero-order chi connectivity index (χ0) is 24.0. The molecular weight excluding hydrogens is 442 g/mol. The van der Waals surface area contributed by atoms with Crippen molar-refractivity contribution in [3.63, 3.8) is 0 Å². The summed E-state index contributed by atoms with van der Waals surface area (Å²) < 4.78 is 5.20. The Morgan fingerprint density at radius 3 is 2.48 bits per heavy atom. The Labute approximate surface area is 196 Å². The van der Waals surface area contributed by atoms with E-state index in [1.165, 1.54) is 6.07 Å². The van der Waals surface area contributed by atoms with Crippen LogP contribution in [0.3, 0.4) is 0 Å². The average molecular weight is 468 g/mol. The lowest BCUT2D eigenvalue weighted by atomic mass is 10.2. The number of amides is 4. The van der Waals surface area contributed by atoms with Crippen LogP contribution in [0.25, 0.3) is 6.08 Å². The number of thioether (sulfide) groups is 1. The number of imide groups is 1. The number of anilines is 1. The van der Waals surface area contributed by atoms with Crippen LogP contribution in [-0.2, 0) is 9.53 Å². The number of hydrogen-bond acceptors (Lipinski definition) is 6. The molecule has 4 amide bonds. The summed E-state index contributed by atoms with van der Waals surface area (Å²) in [7, 11) is 0. The van der Waals surface area contributed by atoms with E-state index in [4.69, 9.17) is 4.74 Å².